The second-order valence-corrected chi connectivity index (χ2v) is 6.45. The number of rotatable bonds is 4. The van der Waals surface area contributed by atoms with E-state index in [0.29, 0.717) is 16.9 Å². The average molecular weight is 369 g/mol. The molecule has 28 heavy (non-hydrogen) atoms. The van der Waals surface area contributed by atoms with E-state index in [0.717, 1.165) is 22.2 Å². The van der Waals surface area contributed by atoms with Crippen LogP contribution in [0.15, 0.2) is 79.1 Å². The number of carbonyl (C=O) groups excluding carboxylic acids is 1. The number of hydrogen-bond donors (Lipinski definition) is 3. The molecule has 0 spiro atoms. The van der Waals surface area contributed by atoms with Gasteiger partial charge in [0.15, 0.2) is 0 Å². The van der Waals surface area contributed by atoms with Gasteiger partial charge in [0, 0.05) is 18.0 Å². The number of hydrogen-bond acceptors (Lipinski definition) is 5. The number of nitrogen functional groups attached to an aromatic ring is 1. The molecule has 5 N–H and O–H groups in total. The van der Waals surface area contributed by atoms with E-state index in [2.05, 4.69) is 15.3 Å². The number of para-hydroxylation sites is 2. The topological polar surface area (TPSA) is 107 Å². The summed E-state index contributed by atoms with van der Waals surface area (Å²) >= 11 is 0. The minimum atomic E-state index is -0.326. The zero-order valence-electron chi connectivity index (χ0n) is 15.0. The lowest BCUT2D eigenvalue weighted by Crippen LogP contribution is -2.15. The highest BCUT2D eigenvalue weighted by atomic mass is 16.1. The Kier molecular flexibility index (Phi) is 4.70. The monoisotopic (exact) mass is 369 g/mol. The molecule has 1 heterocycles. The first kappa shape index (κ1) is 17.6. The van der Waals surface area contributed by atoms with Gasteiger partial charge in [-0.25, -0.2) is 0 Å². The Morgan fingerprint density at radius 3 is 2.29 bits per heavy atom. The Labute approximate surface area is 162 Å². The van der Waals surface area contributed by atoms with E-state index in [4.69, 9.17) is 11.5 Å². The number of anilines is 2. The number of nitrogens with two attached hydrogens (primary N) is 2. The summed E-state index contributed by atoms with van der Waals surface area (Å²) in [4.78, 5) is 21.0. The molecule has 6 heteroatoms. The van der Waals surface area contributed by atoms with Gasteiger partial charge >= 0.3 is 0 Å². The number of amides is 1. The van der Waals surface area contributed by atoms with E-state index in [-0.39, 0.29) is 11.9 Å². The number of nitrogens with one attached hydrogen (secondary N) is 1. The van der Waals surface area contributed by atoms with Crippen LogP contribution in [0, 0.1) is 0 Å². The molecule has 138 valence electrons. The number of fused-ring (bicyclic) bond motifs is 1. The third kappa shape index (κ3) is 3.54. The van der Waals surface area contributed by atoms with Gasteiger partial charge < -0.3 is 16.8 Å². The fraction of sp³-hybridized carbons (Fsp3) is 0.0455. The largest absolute Gasteiger partial charge is 0.397 e. The summed E-state index contributed by atoms with van der Waals surface area (Å²) in [6.45, 7) is 0. The molecule has 1 unspecified atom stereocenters. The number of carbonyl (C=O) groups is 1. The third-order valence-electron chi connectivity index (χ3n) is 4.59. The molecule has 0 radical (unpaired) electrons. The molecule has 4 rings (SSSR count). The minimum absolute atomic E-state index is 0.223. The first-order chi connectivity index (χ1) is 13.6. The van der Waals surface area contributed by atoms with Gasteiger partial charge in [-0.15, -0.1) is 0 Å². The molecule has 3 aromatic carbocycles. The molecule has 0 fully saturated rings. The van der Waals surface area contributed by atoms with Crippen molar-refractivity contribution in [1.82, 2.24) is 9.97 Å². The highest BCUT2D eigenvalue weighted by molar-refractivity contribution is 6.05. The molecule has 0 bridgehead atoms. The normalized spacial score (nSPS) is 11.9. The van der Waals surface area contributed by atoms with Crippen LogP contribution >= 0.6 is 0 Å². The Balaban J connectivity index is 1.53. The Morgan fingerprint density at radius 1 is 0.857 bits per heavy atom. The quantitative estimate of drug-likeness (QED) is 0.477. The molecule has 0 aliphatic carbocycles. The Hall–Kier alpha value is -3.77. The molecule has 4 aromatic rings. The molecule has 0 saturated heterocycles. The highest BCUT2D eigenvalue weighted by Gasteiger charge is 2.12. The van der Waals surface area contributed by atoms with E-state index in [1.165, 1.54) is 0 Å². The Bertz CT molecular complexity index is 1140. The van der Waals surface area contributed by atoms with E-state index < -0.39 is 0 Å². The molecular formula is C22H19N5O. The van der Waals surface area contributed by atoms with Crippen molar-refractivity contribution in [3.63, 3.8) is 0 Å². The summed E-state index contributed by atoms with van der Waals surface area (Å²) in [5.74, 6) is -0.223. The lowest BCUT2D eigenvalue weighted by Gasteiger charge is -2.14. The van der Waals surface area contributed by atoms with Gasteiger partial charge in [0.1, 0.15) is 0 Å². The maximum Gasteiger partial charge on any atom is 0.255 e. The first-order valence-electron chi connectivity index (χ1n) is 8.84. The summed E-state index contributed by atoms with van der Waals surface area (Å²) in [6.07, 6.45) is 3.32. The van der Waals surface area contributed by atoms with Crippen molar-refractivity contribution in [2.45, 2.75) is 6.04 Å². The standard InChI is InChI=1S/C22H19N5O/c23-17-3-1-2-4-18(17)27-22(28)15-7-5-14(6-8-15)21(24)16-9-10-19-20(13-16)26-12-11-25-19/h1-13,21H,23-24H2,(H,27,28). The van der Waals surface area contributed by atoms with E-state index >= 15 is 0 Å². The van der Waals surface area contributed by atoms with E-state index in [1.807, 2.05) is 42.5 Å². The zero-order valence-corrected chi connectivity index (χ0v) is 15.0. The van der Waals surface area contributed by atoms with Crippen molar-refractivity contribution in [2.75, 3.05) is 11.1 Å². The smallest absolute Gasteiger partial charge is 0.255 e. The lowest BCUT2D eigenvalue weighted by atomic mass is 9.98. The average Bonchev–Trinajstić information content (AvgIpc) is 2.74. The van der Waals surface area contributed by atoms with Crippen LogP contribution < -0.4 is 16.8 Å². The van der Waals surface area contributed by atoms with Gasteiger partial charge in [-0.3, -0.25) is 14.8 Å². The second kappa shape index (κ2) is 7.46. The van der Waals surface area contributed by atoms with Crippen LogP contribution in [-0.2, 0) is 0 Å². The summed E-state index contributed by atoms with van der Waals surface area (Å²) in [5, 5.41) is 2.82. The van der Waals surface area contributed by atoms with Gasteiger partial charge in [0.05, 0.1) is 28.5 Å². The van der Waals surface area contributed by atoms with Gasteiger partial charge in [0.2, 0.25) is 0 Å². The predicted octanol–water partition coefficient (Wildman–Crippen LogP) is 3.51. The molecular weight excluding hydrogens is 350 g/mol. The van der Waals surface area contributed by atoms with Crippen LogP contribution in [0.25, 0.3) is 11.0 Å². The molecule has 1 amide bonds. The van der Waals surface area contributed by atoms with Crippen LogP contribution in [-0.4, -0.2) is 15.9 Å². The Morgan fingerprint density at radius 2 is 1.54 bits per heavy atom. The molecule has 1 atom stereocenters. The van der Waals surface area contributed by atoms with Crippen molar-refractivity contribution in [3.05, 3.63) is 95.8 Å². The summed E-state index contributed by atoms with van der Waals surface area (Å²) in [5.41, 5.74) is 17.4. The SMILES string of the molecule is Nc1ccccc1NC(=O)c1ccc(C(N)c2ccc3nccnc3c2)cc1. The van der Waals surface area contributed by atoms with Gasteiger partial charge in [-0.05, 0) is 47.5 Å². The third-order valence-corrected chi connectivity index (χ3v) is 4.59. The highest BCUT2D eigenvalue weighted by Crippen LogP contribution is 2.23. The fourth-order valence-electron chi connectivity index (χ4n) is 3.01. The summed E-state index contributed by atoms with van der Waals surface area (Å²) in [7, 11) is 0. The number of aromatic nitrogens is 2. The zero-order chi connectivity index (χ0) is 19.5. The van der Waals surface area contributed by atoms with Crippen molar-refractivity contribution >= 4 is 28.3 Å². The van der Waals surface area contributed by atoms with Crippen LogP contribution in [0.3, 0.4) is 0 Å². The molecule has 0 aliphatic heterocycles. The molecule has 0 saturated carbocycles. The van der Waals surface area contributed by atoms with Crippen LogP contribution in [0.2, 0.25) is 0 Å². The predicted molar refractivity (Wildman–Crippen MR) is 111 cm³/mol. The molecule has 0 aliphatic rings. The lowest BCUT2D eigenvalue weighted by molar-refractivity contribution is 0.102. The van der Waals surface area contributed by atoms with Crippen LogP contribution in [0.4, 0.5) is 11.4 Å². The number of nitrogens with zero attached hydrogens (tertiary/aromatic N) is 2. The molecule has 6 nitrogen and oxygen atoms in total. The summed E-state index contributed by atoms with van der Waals surface area (Å²) < 4.78 is 0. The number of benzene rings is 3. The fourth-order valence-corrected chi connectivity index (χ4v) is 3.01. The van der Waals surface area contributed by atoms with Crippen molar-refractivity contribution in [1.29, 1.82) is 0 Å². The van der Waals surface area contributed by atoms with E-state index in [1.54, 1.807) is 36.7 Å². The minimum Gasteiger partial charge on any atom is -0.397 e. The molecule has 1 aromatic heterocycles. The van der Waals surface area contributed by atoms with Crippen LogP contribution in [0.5, 0.6) is 0 Å². The maximum atomic E-state index is 12.5. The second-order valence-electron chi connectivity index (χ2n) is 6.45. The first-order valence-corrected chi connectivity index (χ1v) is 8.84. The van der Waals surface area contributed by atoms with Crippen molar-refractivity contribution in [3.8, 4) is 0 Å². The van der Waals surface area contributed by atoms with Crippen molar-refractivity contribution < 1.29 is 4.79 Å². The maximum absolute atomic E-state index is 12.5. The van der Waals surface area contributed by atoms with Gasteiger partial charge in [-0.1, -0.05) is 30.3 Å². The van der Waals surface area contributed by atoms with Crippen molar-refractivity contribution in [2.24, 2.45) is 5.73 Å². The van der Waals surface area contributed by atoms with Gasteiger partial charge in [0.25, 0.3) is 5.91 Å². The van der Waals surface area contributed by atoms with Gasteiger partial charge in [-0.2, -0.15) is 0 Å². The van der Waals surface area contributed by atoms with Crippen LogP contribution in [0.1, 0.15) is 27.5 Å². The van der Waals surface area contributed by atoms with E-state index in [9.17, 15) is 4.79 Å². The summed E-state index contributed by atoms with van der Waals surface area (Å²) in [6, 6.07) is 19.8.